The molecule has 0 aliphatic carbocycles. The number of pyridine rings is 1. The maximum Gasteiger partial charge on any atom is 0.142 e. The van der Waals surface area contributed by atoms with Crippen LogP contribution in [0.2, 0.25) is 0 Å². The predicted octanol–water partition coefficient (Wildman–Crippen LogP) is 2.62. The fourth-order valence-electron chi connectivity index (χ4n) is 2.43. The Morgan fingerprint density at radius 3 is 2.65 bits per heavy atom. The van der Waals surface area contributed by atoms with E-state index in [2.05, 4.69) is 16.2 Å². The van der Waals surface area contributed by atoms with Gasteiger partial charge in [-0.05, 0) is 36.2 Å². The molecule has 2 heterocycles. The number of benzene rings is 1. The largest absolute Gasteiger partial charge is 0.508 e. The quantitative estimate of drug-likeness (QED) is 0.758. The number of anilines is 1. The molecule has 6 nitrogen and oxygen atoms in total. The third kappa shape index (κ3) is 2.60. The lowest BCUT2D eigenvalue weighted by molar-refractivity contribution is 0.471. The summed E-state index contributed by atoms with van der Waals surface area (Å²) in [6, 6.07) is 9.10. The van der Waals surface area contributed by atoms with Crippen LogP contribution in [-0.4, -0.2) is 19.9 Å². The second-order valence-electron chi connectivity index (χ2n) is 5.33. The number of phenols is 1. The fourth-order valence-corrected chi connectivity index (χ4v) is 2.43. The lowest BCUT2D eigenvalue weighted by atomic mass is 9.97. The lowest BCUT2D eigenvalue weighted by Gasteiger charge is -2.10. The second kappa shape index (κ2) is 5.46. The topological polar surface area (TPSA) is 101 Å². The van der Waals surface area contributed by atoms with Crippen molar-refractivity contribution in [1.29, 1.82) is 5.26 Å². The number of phenolic OH excluding ortho intramolecular Hbond substituents is 1. The molecule has 0 bridgehead atoms. The van der Waals surface area contributed by atoms with E-state index in [0.29, 0.717) is 16.8 Å². The van der Waals surface area contributed by atoms with E-state index in [4.69, 9.17) is 5.73 Å². The van der Waals surface area contributed by atoms with Gasteiger partial charge in [0.2, 0.25) is 0 Å². The van der Waals surface area contributed by atoms with E-state index in [1.165, 1.54) is 0 Å². The minimum atomic E-state index is 0.176. The third-order valence-electron chi connectivity index (χ3n) is 3.67. The van der Waals surface area contributed by atoms with Crippen molar-refractivity contribution in [2.24, 2.45) is 7.05 Å². The monoisotopic (exact) mass is 305 g/mol. The first-order chi connectivity index (χ1) is 11.0. The van der Waals surface area contributed by atoms with Crippen LogP contribution in [0.3, 0.4) is 0 Å². The number of nitriles is 1. The Morgan fingerprint density at radius 2 is 2.04 bits per heavy atom. The van der Waals surface area contributed by atoms with E-state index in [-0.39, 0.29) is 11.6 Å². The van der Waals surface area contributed by atoms with Crippen LogP contribution < -0.4 is 5.73 Å². The zero-order valence-corrected chi connectivity index (χ0v) is 12.8. The summed E-state index contributed by atoms with van der Waals surface area (Å²) >= 11 is 0. The molecule has 114 valence electrons. The number of nitrogen functional groups attached to an aromatic ring is 1. The van der Waals surface area contributed by atoms with Gasteiger partial charge in [-0.3, -0.25) is 4.68 Å². The molecule has 1 aromatic carbocycles. The van der Waals surface area contributed by atoms with Gasteiger partial charge in [-0.2, -0.15) is 10.4 Å². The molecule has 0 fully saturated rings. The van der Waals surface area contributed by atoms with Crippen molar-refractivity contribution in [3.8, 4) is 34.2 Å². The minimum absolute atomic E-state index is 0.176. The van der Waals surface area contributed by atoms with Crippen molar-refractivity contribution in [3.05, 3.63) is 47.8 Å². The molecule has 6 heteroatoms. The van der Waals surface area contributed by atoms with Gasteiger partial charge in [-0.1, -0.05) is 6.07 Å². The van der Waals surface area contributed by atoms with Gasteiger partial charge in [0.25, 0.3) is 0 Å². The van der Waals surface area contributed by atoms with E-state index in [9.17, 15) is 10.4 Å². The third-order valence-corrected chi connectivity index (χ3v) is 3.67. The molecule has 0 amide bonds. The number of nitrogens with two attached hydrogens (primary N) is 1. The second-order valence-corrected chi connectivity index (χ2v) is 5.33. The number of rotatable bonds is 2. The Labute approximate surface area is 133 Å². The first-order valence-corrected chi connectivity index (χ1v) is 6.99. The number of nitrogens with zero attached hydrogens (tertiary/aromatic N) is 4. The minimum Gasteiger partial charge on any atom is -0.508 e. The standard InChI is InChI=1S/C17H15N5O/c1-10-5-11(3-4-16(10)23)13-6-15(12-8-20-22(2)9-12)21-17(19)14(13)7-18/h3-6,8-9,23H,1-2H3,(H2,19,21). The molecular formula is C17H15N5O. The molecule has 3 rings (SSSR count). The van der Waals surface area contributed by atoms with Crippen molar-refractivity contribution in [3.63, 3.8) is 0 Å². The zero-order valence-electron chi connectivity index (χ0n) is 12.8. The van der Waals surface area contributed by atoms with Gasteiger partial charge in [-0.15, -0.1) is 0 Å². The molecule has 3 aromatic rings. The summed E-state index contributed by atoms with van der Waals surface area (Å²) in [5, 5.41) is 23.2. The highest BCUT2D eigenvalue weighted by molar-refractivity contribution is 5.80. The summed E-state index contributed by atoms with van der Waals surface area (Å²) in [5.74, 6) is 0.386. The molecule has 0 spiro atoms. The summed E-state index contributed by atoms with van der Waals surface area (Å²) in [4.78, 5) is 4.31. The summed E-state index contributed by atoms with van der Waals surface area (Å²) in [6.07, 6.45) is 3.53. The van der Waals surface area contributed by atoms with E-state index in [1.807, 2.05) is 25.4 Å². The summed E-state index contributed by atoms with van der Waals surface area (Å²) < 4.78 is 1.68. The number of aromatic nitrogens is 3. The van der Waals surface area contributed by atoms with Crippen LogP contribution >= 0.6 is 0 Å². The van der Waals surface area contributed by atoms with Crippen LogP contribution in [0.5, 0.6) is 5.75 Å². The van der Waals surface area contributed by atoms with Crippen LogP contribution in [0.15, 0.2) is 36.7 Å². The van der Waals surface area contributed by atoms with Gasteiger partial charge < -0.3 is 10.8 Å². The number of hydrogen-bond acceptors (Lipinski definition) is 5. The van der Waals surface area contributed by atoms with Gasteiger partial charge in [0, 0.05) is 24.4 Å². The highest BCUT2D eigenvalue weighted by Gasteiger charge is 2.14. The molecule has 0 aliphatic heterocycles. The first-order valence-electron chi connectivity index (χ1n) is 6.99. The van der Waals surface area contributed by atoms with Gasteiger partial charge >= 0.3 is 0 Å². The molecule has 0 unspecified atom stereocenters. The molecule has 23 heavy (non-hydrogen) atoms. The van der Waals surface area contributed by atoms with Crippen LogP contribution in [0.1, 0.15) is 11.1 Å². The molecule has 0 radical (unpaired) electrons. The van der Waals surface area contributed by atoms with Gasteiger partial charge in [-0.25, -0.2) is 4.98 Å². The highest BCUT2D eigenvalue weighted by atomic mass is 16.3. The Bertz CT molecular complexity index is 937. The Balaban J connectivity index is 2.24. The average molecular weight is 305 g/mol. The predicted molar refractivity (Wildman–Crippen MR) is 87.4 cm³/mol. The number of aryl methyl sites for hydroxylation is 2. The SMILES string of the molecule is Cc1cc(-c2cc(-c3cnn(C)c3)nc(N)c2C#N)ccc1O. The van der Waals surface area contributed by atoms with Crippen molar-refractivity contribution in [2.45, 2.75) is 6.92 Å². The molecule has 2 aromatic heterocycles. The number of hydrogen-bond donors (Lipinski definition) is 2. The molecule has 0 saturated carbocycles. The Kier molecular flexibility index (Phi) is 3.47. The Hall–Kier alpha value is -3.33. The van der Waals surface area contributed by atoms with Crippen molar-refractivity contribution in [2.75, 3.05) is 5.73 Å². The maximum absolute atomic E-state index is 9.69. The van der Waals surface area contributed by atoms with Gasteiger partial charge in [0.15, 0.2) is 0 Å². The van der Waals surface area contributed by atoms with Crippen LogP contribution in [0.25, 0.3) is 22.4 Å². The van der Waals surface area contributed by atoms with Gasteiger partial charge in [0.05, 0.1) is 11.9 Å². The van der Waals surface area contributed by atoms with E-state index in [1.54, 1.807) is 29.9 Å². The van der Waals surface area contributed by atoms with Crippen LogP contribution in [0.4, 0.5) is 5.82 Å². The van der Waals surface area contributed by atoms with Crippen LogP contribution in [0, 0.1) is 18.3 Å². The summed E-state index contributed by atoms with van der Waals surface area (Å²) in [5.41, 5.74) is 9.97. The fraction of sp³-hybridized carbons (Fsp3) is 0.118. The molecule has 3 N–H and O–H groups in total. The molecular weight excluding hydrogens is 290 g/mol. The summed E-state index contributed by atoms with van der Waals surface area (Å²) in [7, 11) is 1.82. The van der Waals surface area contributed by atoms with Crippen LogP contribution in [-0.2, 0) is 7.05 Å². The Morgan fingerprint density at radius 1 is 1.26 bits per heavy atom. The van der Waals surface area contributed by atoms with Gasteiger partial charge in [0.1, 0.15) is 23.2 Å². The number of aromatic hydroxyl groups is 1. The average Bonchev–Trinajstić information content (AvgIpc) is 2.96. The van der Waals surface area contributed by atoms with Crippen molar-refractivity contribution >= 4 is 5.82 Å². The first kappa shape index (κ1) is 14.6. The van der Waals surface area contributed by atoms with E-state index < -0.39 is 0 Å². The maximum atomic E-state index is 9.69. The molecule has 0 saturated heterocycles. The molecule has 0 atom stereocenters. The zero-order chi connectivity index (χ0) is 16.6. The highest BCUT2D eigenvalue weighted by Crippen LogP contribution is 2.32. The molecule has 0 aliphatic rings. The van der Waals surface area contributed by atoms with Crippen molar-refractivity contribution < 1.29 is 5.11 Å². The smallest absolute Gasteiger partial charge is 0.142 e. The lowest BCUT2D eigenvalue weighted by Crippen LogP contribution is -1.99. The normalized spacial score (nSPS) is 10.5. The van der Waals surface area contributed by atoms with Crippen molar-refractivity contribution in [1.82, 2.24) is 14.8 Å². The van der Waals surface area contributed by atoms with E-state index in [0.717, 1.165) is 16.7 Å². The summed E-state index contributed by atoms with van der Waals surface area (Å²) in [6.45, 7) is 1.80. The van der Waals surface area contributed by atoms with E-state index >= 15 is 0 Å².